The normalized spacial score (nSPS) is 18.4. The number of aryl methyl sites for hydroxylation is 1. The van der Waals surface area contributed by atoms with Crippen LogP contribution in [0.1, 0.15) is 56.3 Å². The first-order valence-corrected chi connectivity index (χ1v) is 11.8. The van der Waals surface area contributed by atoms with Gasteiger partial charge in [-0.05, 0) is 50.2 Å². The van der Waals surface area contributed by atoms with Crippen molar-refractivity contribution in [2.45, 2.75) is 50.5 Å². The summed E-state index contributed by atoms with van der Waals surface area (Å²) in [5, 5.41) is 9.89. The van der Waals surface area contributed by atoms with Crippen molar-refractivity contribution in [3.05, 3.63) is 58.8 Å². The van der Waals surface area contributed by atoms with Gasteiger partial charge in [-0.2, -0.15) is 5.10 Å². The Bertz CT molecular complexity index is 1160. The summed E-state index contributed by atoms with van der Waals surface area (Å²) < 4.78 is 3.47. The third-order valence-electron chi connectivity index (χ3n) is 7.06. The summed E-state index contributed by atoms with van der Waals surface area (Å²) in [6, 6.07) is 14.4. The van der Waals surface area contributed by atoms with Gasteiger partial charge in [0.2, 0.25) is 5.91 Å². The Labute approximate surface area is 188 Å². The predicted octanol–water partition coefficient (Wildman–Crippen LogP) is 3.67. The zero-order chi connectivity index (χ0) is 22.1. The van der Waals surface area contributed by atoms with Gasteiger partial charge in [0.1, 0.15) is 5.82 Å². The van der Waals surface area contributed by atoms with E-state index in [0.717, 1.165) is 61.1 Å². The fourth-order valence-electron chi connectivity index (χ4n) is 5.36. The number of fused-ring (bicyclic) bond motifs is 1. The minimum atomic E-state index is 0.0144. The van der Waals surface area contributed by atoms with Crippen molar-refractivity contribution in [3.8, 4) is 0 Å². The zero-order valence-electron chi connectivity index (χ0n) is 18.7. The maximum Gasteiger partial charge on any atom is 0.345 e. The molecule has 1 amide bonds. The summed E-state index contributed by atoms with van der Waals surface area (Å²) in [4.78, 5) is 27.6. The quantitative estimate of drug-likeness (QED) is 0.666. The van der Waals surface area contributed by atoms with Crippen LogP contribution in [0.25, 0.3) is 10.8 Å². The molecule has 0 radical (unpaired) electrons. The second-order valence-electron chi connectivity index (χ2n) is 9.20. The number of benzene rings is 2. The average molecular weight is 434 g/mol. The number of anilines is 1. The minimum Gasteiger partial charge on any atom is -0.324 e. The van der Waals surface area contributed by atoms with Crippen molar-refractivity contribution < 1.29 is 4.79 Å². The standard InChI is InChI=1S/C25H31N5O2/c1-28-25(32)30(20-9-3-4-10-20)24(27-28)19-13-15-29(16-14-19)17-23(31)26-22-12-6-8-18-7-2-5-11-21(18)22/h2,5-8,11-12,19-20H,3-4,9-10,13-17H2,1H3,(H,26,31). The third kappa shape index (κ3) is 4.09. The van der Waals surface area contributed by atoms with E-state index in [2.05, 4.69) is 27.4 Å². The summed E-state index contributed by atoms with van der Waals surface area (Å²) in [5.41, 5.74) is 0.876. The van der Waals surface area contributed by atoms with Gasteiger partial charge in [-0.25, -0.2) is 9.48 Å². The lowest BCUT2D eigenvalue weighted by Crippen LogP contribution is -2.39. The molecule has 2 fully saturated rings. The van der Waals surface area contributed by atoms with Gasteiger partial charge in [-0.15, -0.1) is 0 Å². The van der Waals surface area contributed by atoms with E-state index < -0.39 is 0 Å². The molecule has 2 aromatic carbocycles. The van der Waals surface area contributed by atoms with Gasteiger partial charge in [0.15, 0.2) is 0 Å². The SMILES string of the molecule is Cn1nc(C2CCN(CC(=O)Nc3cccc4ccccc34)CC2)n(C2CCCC2)c1=O. The lowest BCUT2D eigenvalue weighted by molar-refractivity contribution is -0.117. The molecule has 168 valence electrons. The van der Waals surface area contributed by atoms with Gasteiger partial charge in [-0.1, -0.05) is 49.2 Å². The molecule has 1 aliphatic carbocycles. The second kappa shape index (κ2) is 8.90. The van der Waals surface area contributed by atoms with E-state index in [0.29, 0.717) is 12.6 Å². The van der Waals surface area contributed by atoms with Crippen LogP contribution in [0.15, 0.2) is 47.3 Å². The smallest absolute Gasteiger partial charge is 0.324 e. The van der Waals surface area contributed by atoms with E-state index in [1.165, 1.54) is 17.5 Å². The third-order valence-corrected chi connectivity index (χ3v) is 7.06. The van der Waals surface area contributed by atoms with Gasteiger partial charge < -0.3 is 5.32 Å². The Morgan fingerprint density at radius 1 is 1.03 bits per heavy atom. The molecule has 0 atom stereocenters. The fraction of sp³-hybridized carbons (Fsp3) is 0.480. The zero-order valence-corrected chi connectivity index (χ0v) is 18.7. The number of carbonyl (C=O) groups excluding carboxylic acids is 1. The highest BCUT2D eigenvalue weighted by Gasteiger charge is 2.30. The molecular formula is C25H31N5O2. The largest absolute Gasteiger partial charge is 0.345 e. The van der Waals surface area contributed by atoms with Crippen molar-refractivity contribution in [2.24, 2.45) is 7.05 Å². The van der Waals surface area contributed by atoms with E-state index in [4.69, 9.17) is 0 Å². The van der Waals surface area contributed by atoms with Crippen LogP contribution in [-0.4, -0.2) is 44.8 Å². The lowest BCUT2D eigenvalue weighted by Gasteiger charge is -2.31. The van der Waals surface area contributed by atoms with E-state index in [1.54, 1.807) is 7.05 Å². The maximum atomic E-state index is 12.7. The van der Waals surface area contributed by atoms with Crippen molar-refractivity contribution >= 4 is 22.4 Å². The Kier molecular flexibility index (Phi) is 5.83. The molecule has 0 spiro atoms. The molecule has 1 N–H and O–H groups in total. The van der Waals surface area contributed by atoms with Crippen molar-refractivity contribution in [1.82, 2.24) is 19.2 Å². The molecule has 7 nitrogen and oxygen atoms in total. The molecule has 32 heavy (non-hydrogen) atoms. The van der Waals surface area contributed by atoms with Crippen LogP contribution in [0.3, 0.4) is 0 Å². The molecule has 5 rings (SSSR count). The highest BCUT2D eigenvalue weighted by atomic mass is 16.2. The molecule has 1 saturated heterocycles. The topological polar surface area (TPSA) is 72.2 Å². The number of nitrogens with one attached hydrogen (secondary N) is 1. The molecule has 1 saturated carbocycles. The van der Waals surface area contributed by atoms with Crippen LogP contribution in [-0.2, 0) is 11.8 Å². The summed E-state index contributed by atoms with van der Waals surface area (Å²) in [6.07, 6.45) is 6.37. The summed E-state index contributed by atoms with van der Waals surface area (Å²) in [7, 11) is 1.75. The van der Waals surface area contributed by atoms with E-state index >= 15 is 0 Å². The van der Waals surface area contributed by atoms with Crippen LogP contribution in [0, 0.1) is 0 Å². The molecular weight excluding hydrogens is 402 g/mol. The molecule has 2 heterocycles. The number of amides is 1. The summed E-state index contributed by atoms with van der Waals surface area (Å²) >= 11 is 0. The summed E-state index contributed by atoms with van der Waals surface area (Å²) in [6.45, 7) is 2.06. The van der Waals surface area contributed by atoms with Crippen LogP contribution in [0.5, 0.6) is 0 Å². The van der Waals surface area contributed by atoms with E-state index in [1.807, 2.05) is 34.9 Å². The van der Waals surface area contributed by atoms with Gasteiger partial charge in [0.25, 0.3) is 0 Å². The van der Waals surface area contributed by atoms with Crippen LogP contribution >= 0.6 is 0 Å². The van der Waals surface area contributed by atoms with Crippen LogP contribution in [0.2, 0.25) is 0 Å². The number of piperidine rings is 1. The lowest BCUT2D eigenvalue weighted by atomic mass is 9.95. The Morgan fingerprint density at radius 2 is 1.75 bits per heavy atom. The fourth-order valence-corrected chi connectivity index (χ4v) is 5.36. The first kappa shape index (κ1) is 20.9. The van der Waals surface area contributed by atoms with E-state index in [-0.39, 0.29) is 17.5 Å². The van der Waals surface area contributed by atoms with Gasteiger partial charge >= 0.3 is 5.69 Å². The van der Waals surface area contributed by atoms with Crippen molar-refractivity contribution in [2.75, 3.05) is 25.0 Å². The number of likely N-dealkylation sites (tertiary alicyclic amines) is 1. The first-order valence-electron chi connectivity index (χ1n) is 11.8. The van der Waals surface area contributed by atoms with Crippen molar-refractivity contribution in [3.63, 3.8) is 0 Å². The summed E-state index contributed by atoms with van der Waals surface area (Å²) in [5.74, 6) is 1.24. The van der Waals surface area contributed by atoms with Crippen LogP contribution in [0.4, 0.5) is 5.69 Å². The van der Waals surface area contributed by atoms with Crippen LogP contribution < -0.4 is 11.0 Å². The first-order chi connectivity index (χ1) is 15.6. The van der Waals surface area contributed by atoms with Gasteiger partial charge in [0, 0.05) is 30.1 Å². The number of rotatable bonds is 5. The highest BCUT2D eigenvalue weighted by Crippen LogP contribution is 2.33. The molecule has 3 aromatic rings. The average Bonchev–Trinajstić information content (AvgIpc) is 3.43. The van der Waals surface area contributed by atoms with Gasteiger partial charge in [-0.3, -0.25) is 14.3 Å². The molecule has 0 bridgehead atoms. The van der Waals surface area contributed by atoms with E-state index in [9.17, 15) is 9.59 Å². The molecule has 0 unspecified atom stereocenters. The molecule has 1 aromatic heterocycles. The number of hydrogen-bond acceptors (Lipinski definition) is 4. The molecule has 1 aliphatic heterocycles. The minimum absolute atomic E-state index is 0.0144. The maximum absolute atomic E-state index is 12.7. The number of hydrogen-bond donors (Lipinski definition) is 1. The number of nitrogens with zero attached hydrogens (tertiary/aromatic N) is 4. The Hall–Kier alpha value is -2.93. The predicted molar refractivity (Wildman–Crippen MR) is 126 cm³/mol. The number of aromatic nitrogens is 3. The van der Waals surface area contributed by atoms with Gasteiger partial charge in [0.05, 0.1) is 6.54 Å². The molecule has 2 aliphatic rings. The van der Waals surface area contributed by atoms with Crippen molar-refractivity contribution in [1.29, 1.82) is 0 Å². The number of carbonyl (C=O) groups is 1. The second-order valence-corrected chi connectivity index (χ2v) is 9.20. The molecule has 7 heteroatoms. The monoisotopic (exact) mass is 433 g/mol. The highest BCUT2D eigenvalue weighted by molar-refractivity contribution is 6.02. The Morgan fingerprint density at radius 3 is 2.53 bits per heavy atom. The Balaban J connectivity index is 1.22.